The molecule has 0 N–H and O–H groups in total. The van der Waals surface area contributed by atoms with E-state index >= 15 is 0 Å². The Kier molecular flexibility index (Phi) is 6.66. The minimum absolute atomic E-state index is 0.222. The quantitative estimate of drug-likeness (QED) is 0.420. The molecule has 0 aromatic carbocycles. The van der Waals surface area contributed by atoms with Crippen LogP contribution in [0.25, 0.3) is 0 Å². The van der Waals surface area contributed by atoms with Gasteiger partial charge in [0, 0.05) is 12.0 Å². The lowest BCUT2D eigenvalue weighted by molar-refractivity contribution is -0.137. The summed E-state index contributed by atoms with van der Waals surface area (Å²) in [4.78, 5) is 11.5. The minimum atomic E-state index is -1.76. The van der Waals surface area contributed by atoms with Crippen LogP contribution < -0.4 is 0 Å². The van der Waals surface area contributed by atoms with Crippen molar-refractivity contribution in [3.05, 3.63) is 12.2 Å². The van der Waals surface area contributed by atoms with Crippen molar-refractivity contribution in [2.24, 2.45) is 5.92 Å². The van der Waals surface area contributed by atoms with Gasteiger partial charge in [-0.2, -0.15) is 0 Å². The molecule has 1 aliphatic carbocycles. The summed E-state index contributed by atoms with van der Waals surface area (Å²) in [6.07, 6.45) is 8.50. The molecule has 122 valence electrons. The molecule has 0 heterocycles. The van der Waals surface area contributed by atoms with Gasteiger partial charge >= 0.3 is 5.97 Å². The molecule has 1 fully saturated rings. The molecule has 0 amide bonds. The third kappa shape index (κ3) is 5.59. The van der Waals surface area contributed by atoms with Crippen molar-refractivity contribution in [2.75, 3.05) is 6.61 Å². The monoisotopic (exact) mass is 312 g/mol. The molecule has 0 unspecified atom stereocenters. The topological polar surface area (TPSA) is 35.5 Å². The largest absolute Gasteiger partial charge is 0.463 e. The van der Waals surface area contributed by atoms with E-state index in [0.29, 0.717) is 12.5 Å². The summed E-state index contributed by atoms with van der Waals surface area (Å²) in [5.74, 6) is 0.103. The van der Waals surface area contributed by atoms with E-state index in [0.717, 1.165) is 12.8 Å². The second-order valence-electron chi connectivity index (χ2n) is 7.48. The fourth-order valence-electron chi connectivity index (χ4n) is 2.44. The second kappa shape index (κ2) is 7.59. The van der Waals surface area contributed by atoms with Crippen LogP contribution in [0.15, 0.2) is 12.2 Å². The predicted octanol–water partition coefficient (Wildman–Crippen LogP) is 4.69. The zero-order chi connectivity index (χ0) is 16.1. The van der Waals surface area contributed by atoms with Gasteiger partial charge in [-0.1, -0.05) is 39.7 Å². The SMILES string of the molecule is CCOC(=O)/C=C/[C@@H]1CCCC[C@@H]1O[Si](C)(C)C(C)(C)C. The molecular weight excluding hydrogens is 280 g/mol. The van der Waals surface area contributed by atoms with Crippen LogP contribution in [0.4, 0.5) is 0 Å². The highest BCUT2D eigenvalue weighted by atomic mass is 28.4. The molecule has 0 saturated heterocycles. The highest BCUT2D eigenvalue weighted by Gasteiger charge is 2.40. The first kappa shape index (κ1) is 18.4. The first-order valence-corrected chi connectivity index (χ1v) is 11.1. The van der Waals surface area contributed by atoms with Crippen molar-refractivity contribution in [1.29, 1.82) is 0 Å². The molecule has 4 heteroatoms. The van der Waals surface area contributed by atoms with Gasteiger partial charge in [0.05, 0.1) is 12.7 Å². The van der Waals surface area contributed by atoms with E-state index in [1.165, 1.54) is 12.8 Å². The maximum atomic E-state index is 11.5. The van der Waals surface area contributed by atoms with Crippen LogP contribution in [0.3, 0.4) is 0 Å². The van der Waals surface area contributed by atoms with Gasteiger partial charge in [0.25, 0.3) is 0 Å². The van der Waals surface area contributed by atoms with Gasteiger partial charge in [-0.05, 0) is 37.9 Å². The minimum Gasteiger partial charge on any atom is -0.463 e. The molecule has 0 aromatic rings. The van der Waals surface area contributed by atoms with Crippen molar-refractivity contribution in [3.63, 3.8) is 0 Å². The molecule has 0 aromatic heterocycles. The smallest absolute Gasteiger partial charge is 0.330 e. The van der Waals surface area contributed by atoms with Crippen LogP contribution in [0.5, 0.6) is 0 Å². The molecule has 3 nitrogen and oxygen atoms in total. The number of ether oxygens (including phenoxy) is 1. The zero-order valence-electron chi connectivity index (χ0n) is 14.6. The Labute approximate surface area is 131 Å². The summed E-state index contributed by atoms with van der Waals surface area (Å²) in [5, 5.41) is 0.222. The van der Waals surface area contributed by atoms with Crippen LogP contribution >= 0.6 is 0 Å². The molecule has 0 spiro atoms. The maximum Gasteiger partial charge on any atom is 0.330 e. The van der Waals surface area contributed by atoms with Gasteiger partial charge < -0.3 is 9.16 Å². The van der Waals surface area contributed by atoms with E-state index in [2.05, 4.69) is 33.9 Å². The normalized spacial score (nSPS) is 24.3. The van der Waals surface area contributed by atoms with Crippen LogP contribution in [0.1, 0.15) is 53.4 Å². The summed E-state index contributed by atoms with van der Waals surface area (Å²) in [7, 11) is -1.76. The van der Waals surface area contributed by atoms with E-state index in [4.69, 9.17) is 9.16 Å². The van der Waals surface area contributed by atoms with Crippen LogP contribution in [0, 0.1) is 5.92 Å². The summed E-state index contributed by atoms with van der Waals surface area (Å²) in [6.45, 7) is 13.7. The number of esters is 1. The van der Waals surface area contributed by atoms with Crippen molar-refractivity contribution in [3.8, 4) is 0 Å². The first-order chi connectivity index (χ1) is 9.67. The number of rotatable bonds is 5. The summed E-state index contributed by atoms with van der Waals surface area (Å²) in [6, 6.07) is 0. The fourth-order valence-corrected chi connectivity index (χ4v) is 3.84. The highest BCUT2D eigenvalue weighted by molar-refractivity contribution is 6.74. The average Bonchev–Trinajstić information content (AvgIpc) is 2.36. The third-order valence-electron chi connectivity index (χ3n) is 4.77. The molecule has 1 saturated carbocycles. The Balaban J connectivity index is 2.72. The number of hydrogen-bond donors (Lipinski definition) is 0. The van der Waals surface area contributed by atoms with Crippen molar-refractivity contribution >= 4 is 14.3 Å². The van der Waals surface area contributed by atoms with Gasteiger partial charge in [-0.25, -0.2) is 4.79 Å². The van der Waals surface area contributed by atoms with E-state index in [9.17, 15) is 4.79 Å². The molecule has 1 aliphatic rings. The van der Waals surface area contributed by atoms with E-state index in [1.807, 2.05) is 13.0 Å². The third-order valence-corrected chi connectivity index (χ3v) is 9.28. The summed E-state index contributed by atoms with van der Waals surface area (Å²) in [5.41, 5.74) is 0. The molecule has 21 heavy (non-hydrogen) atoms. The van der Waals surface area contributed by atoms with Crippen LogP contribution in [0.2, 0.25) is 18.1 Å². The Morgan fingerprint density at radius 3 is 2.43 bits per heavy atom. The average molecular weight is 313 g/mol. The Bertz CT molecular complexity index is 369. The fraction of sp³-hybridized carbons (Fsp3) is 0.824. The van der Waals surface area contributed by atoms with E-state index in [1.54, 1.807) is 6.08 Å². The predicted molar refractivity (Wildman–Crippen MR) is 89.8 cm³/mol. The van der Waals surface area contributed by atoms with Gasteiger partial charge in [-0.3, -0.25) is 0 Å². The van der Waals surface area contributed by atoms with Gasteiger partial charge in [-0.15, -0.1) is 0 Å². The number of hydrogen-bond acceptors (Lipinski definition) is 3. The molecule has 0 bridgehead atoms. The van der Waals surface area contributed by atoms with Crippen LogP contribution in [-0.4, -0.2) is 27.0 Å². The lowest BCUT2D eigenvalue weighted by atomic mass is 9.86. The molecular formula is C17H32O3Si. The van der Waals surface area contributed by atoms with E-state index in [-0.39, 0.29) is 17.1 Å². The number of carbonyl (C=O) groups excluding carboxylic acids is 1. The van der Waals surface area contributed by atoms with E-state index < -0.39 is 8.32 Å². The van der Waals surface area contributed by atoms with Gasteiger partial charge in [0.1, 0.15) is 0 Å². The van der Waals surface area contributed by atoms with Crippen molar-refractivity contribution in [1.82, 2.24) is 0 Å². The Hall–Kier alpha value is -0.613. The first-order valence-electron chi connectivity index (χ1n) is 8.20. The number of carbonyl (C=O) groups is 1. The molecule has 2 atom stereocenters. The lowest BCUT2D eigenvalue weighted by Gasteiger charge is -2.42. The maximum absolute atomic E-state index is 11.5. The Morgan fingerprint density at radius 2 is 1.86 bits per heavy atom. The summed E-state index contributed by atoms with van der Waals surface area (Å²) >= 11 is 0. The van der Waals surface area contributed by atoms with Gasteiger partial charge in [0.2, 0.25) is 0 Å². The molecule has 0 aliphatic heterocycles. The second-order valence-corrected chi connectivity index (χ2v) is 12.2. The van der Waals surface area contributed by atoms with Crippen molar-refractivity contribution in [2.45, 2.75) is 77.6 Å². The molecule has 0 radical (unpaired) electrons. The highest BCUT2D eigenvalue weighted by Crippen LogP contribution is 2.40. The zero-order valence-corrected chi connectivity index (χ0v) is 15.6. The van der Waals surface area contributed by atoms with Gasteiger partial charge in [0.15, 0.2) is 8.32 Å². The summed E-state index contributed by atoms with van der Waals surface area (Å²) < 4.78 is 11.5. The Morgan fingerprint density at radius 1 is 1.24 bits per heavy atom. The standard InChI is InChI=1S/C17H32O3Si/c1-7-19-16(18)13-12-14-10-8-9-11-15(14)20-21(5,6)17(2,3)4/h12-15H,7-11H2,1-6H3/b13-12+/t14-,15-/m0/s1. The molecule has 1 rings (SSSR count). The lowest BCUT2D eigenvalue weighted by Crippen LogP contribution is -2.46. The van der Waals surface area contributed by atoms with Crippen LogP contribution in [-0.2, 0) is 14.0 Å². The van der Waals surface area contributed by atoms with Crippen molar-refractivity contribution < 1.29 is 14.0 Å².